The van der Waals surface area contributed by atoms with Gasteiger partial charge in [0.25, 0.3) is 11.8 Å². The molecule has 0 fully saturated rings. The van der Waals surface area contributed by atoms with Crippen LogP contribution in [0.25, 0.3) is 5.69 Å². The van der Waals surface area contributed by atoms with Crippen LogP contribution in [-0.2, 0) is 0 Å². The van der Waals surface area contributed by atoms with E-state index in [0.29, 0.717) is 16.8 Å². The molecule has 3 N–H and O–H groups in total. The summed E-state index contributed by atoms with van der Waals surface area (Å²) in [5, 5.41) is 30.1. The van der Waals surface area contributed by atoms with Crippen LogP contribution in [0.1, 0.15) is 32.0 Å². The molecule has 0 unspecified atom stereocenters. The molecule has 1 aromatic heterocycles. The van der Waals surface area contributed by atoms with Crippen LogP contribution in [-0.4, -0.2) is 28.6 Å². The first kappa shape index (κ1) is 22.3. The van der Waals surface area contributed by atoms with Gasteiger partial charge in [-0.15, -0.1) is 17.0 Å². The molecule has 0 spiro atoms. The van der Waals surface area contributed by atoms with E-state index in [1.165, 1.54) is 42.2 Å². The van der Waals surface area contributed by atoms with Gasteiger partial charge < -0.3 is 11.1 Å². The van der Waals surface area contributed by atoms with Gasteiger partial charge in [0, 0.05) is 7.05 Å². The van der Waals surface area contributed by atoms with Gasteiger partial charge in [0.05, 0.1) is 29.1 Å². The Morgan fingerprint density at radius 3 is 2.31 bits per heavy atom. The molecule has 1 heterocycles. The zero-order chi connectivity index (χ0) is 19.0. The van der Waals surface area contributed by atoms with Gasteiger partial charge >= 0.3 is 0 Å². The van der Waals surface area contributed by atoms with Crippen molar-refractivity contribution in [3.05, 3.63) is 46.8 Å². The molecule has 0 bridgehead atoms. The number of nitrogens with zero attached hydrogens (tertiary/aromatic N) is 5. The minimum Gasteiger partial charge on any atom is -0.364 e. The second-order valence-corrected chi connectivity index (χ2v) is 4.60. The van der Waals surface area contributed by atoms with E-state index in [9.17, 15) is 9.59 Å². The Labute approximate surface area is 160 Å². The van der Waals surface area contributed by atoms with Gasteiger partial charge in [0.1, 0.15) is 5.69 Å². The molecule has 0 aliphatic rings. The predicted octanol–water partition coefficient (Wildman–Crippen LogP) is 1.12. The van der Waals surface area contributed by atoms with Gasteiger partial charge in [-0.25, -0.2) is 4.68 Å². The lowest BCUT2D eigenvalue weighted by molar-refractivity contribution is 0.0958. The zero-order valence-corrected chi connectivity index (χ0v) is 15.6. The van der Waals surface area contributed by atoms with Crippen molar-refractivity contribution in [2.45, 2.75) is 6.92 Å². The van der Waals surface area contributed by atoms with E-state index >= 15 is 0 Å². The van der Waals surface area contributed by atoms with E-state index < -0.39 is 5.91 Å². The van der Waals surface area contributed by atoms with Crippen molar-refractivity contribution in [3.8, 4) is 23.9 Å². The van der Waals surface area contributed by atoms with Crippen molar-refractivity contribution in [2.24, 2.45) is 5.73 Å². The van der Waals surface area contributed by atoms with Crippen LogP contribution in [0.3, 0.4) is 0 Å². The van der Waals surface area contributed by atoms with Crippen molar-refractivity contribution >= 4 is 28.8 Å². The first-order valence-electron chi connectivity index (χ1n) is 6.80. The van der Waals surface area contributed by atoms with Crippen LogP contribution in [0, 0.1) is 40.9 Å². The van der Waals surface area contributed by atoms with Crippen molar-refractivity contribution < 1.29 is 9.59 Å². The van der Waals surface area contributed by atoms with Gasteiger partial charge in [-0.05, 0) is 30.7 Å². The molecule has 2 aromatic rings. The van der Waals surface area contributed by atoms with Gasteiger partial charge in [0.15, 0.2) is 12.1 Å². The van der Waals surface area contributed by atoms with E-state index in [2.05, 4.69) is 10.4 Å². The summed E-state index contributed by atoms with van der Waals surface area (Å²) in [6.07, 6.45) is 1.42. The quantitative estimate of drug-likeness (QED) is 0.762. The highest BCUT2D eigenvalue weighted by atomic mass is 79.9. The van der Waals surface area contributed by atoms with Gasteiger partial charge in [-0.2, -0.15) is 20.9 Å². The first-order valence-corrected chi connectivity index (χ1v) is 6.80. The number of carbonyl (C=O) groups is 2. The highest BCUT2D eigenvalue weighted by molar-refractivity contribution is 8.93. The Kier molecular flexibility index (Phi) is 8.79. The summed E-state index contributed by atoms with van der Waals surface area (Å²) >= 11 is 0. The van der Waals surface area contributed by atoms with E-state index in [1.54, 1.807) is 13.0 Å². The lowest BCUT2D eigenvalue weighted by Gasteiger charge is -2.14. The number of amides is 2. The molecule has 26 heavy (non-hydrogen) atoms. The molecule has 132 valence electrons. The van der Waals surface area contributed by atoms with Crippen molar-refractivity contribution in [1.29, 1.82) is 15.8 Å². The summed E-state index contributed by atoms with van der Waals surface area (Å²) in [7, 11) is 1.48. The average molecular weight is 416 g/mol. The second-order valence-electron chi connectivity index (χ2n) is 4.60. The summed E-state index contributed by atoms with van der Waals surface area (Å²) < 4.78 is 1.31. The predicted molar refractivity (Wildman–Crippen MR) is 96.5 cm³/mol. The number of halogens is 1. The van der Waals surface area contributed by atoms with Crippen LogP contribution in [0.4, 0.5) is 0 Å². The summed E-state index contributed by atoms with van der Waals surface area (Å²) in [6.45, 7) is 1.73. The highest BCUT2D eigenvalue weighted by Crippen LogP contribution is 2.22. The molecule has 0 radical (unpaired) electrons. The lowest BCUT2D eigenvalue weighted by atomic mass is 10.0. The number of benzene rings is 1. The van der Waals surface area contributed by atoms with Crippen LogP contribution < -0.4 is 11.1 Å². The summed E-state index contributed by atoms with van der Waals surface area (Å²) in [5.41, 5.74) is 7.13. The highest BCUT2D eigenvalue weighted by Gasteiger charge is 2.20. The number of aryl methyl sites for hydroxylation is 1. The maximum atomic E-state index is 12.1. The van der Waals surface area contributed by atoms with Gasteiger partial charge in [-0.3, -0.25) is 9.59 Å². The molecule has 2 amide bonds. The molecule has 0 saturated carbocycles. The Morgan fingerprint density at radius 1 is 1.23 bits per heavy atom. The number of hydrogen-bond donors (Lipinski definition) is 2. The fourth-order valence-electron chi connectivity index (χ4n) is 2.10. The van der Waals surface area contributed by atoms with Crippen molar-refractivity contribution in [2.75, 3.05) is 7.05 Å². The molecule has 0 aliphatic carbocycles. The Morgan fingerprint density at radius 2 is 1.85 bits per heavy atom. The van der Waals surface area contributed by atoms with Crippen molar-refractivity contribution in [3.63, 3.8) is 0 Å². The smallest absolute Gasteiger partial charge is 0.267 e. The third kappa shape index (κ3) is 4.91. The number of nitriles is 3. The van der Waals surface area contributed by atoms with E-state index in [-0.39, 0.29) is 34.1 Å². The molecule has 0 aliphatic heterocycles. The lowest BCUT2D eigenvalue weighted by Crippen LogP contribution is -2.23. The normalized spacial score (nSPS) is 8.42. The van der Waals surface area contributed by atoms with E-state index in [0.717, 1.165) is 0 Å². The number of carbonyl (C=O) groups excluding carboxylic acids is 2. The summed E-state index contributed by atoms with van der Waals surface area (Å²) in [6, 6.07) is 9.01. The molecular weight excluding hydrogens is 402 g/mol. The number of nitrogens with two attached hydrogens (primary N) is 1. The monoisotopic (exact) mass is 415 g/mol. The first-order chi connectivity index (χ1) is 11.9. The topological polar surface area (TPSA) is 161 Å². The Balaban J connectivity index is 0.00000113. The largest absolute Gasteiger partial charge is 0.364 e. The zero-order valence-electron chi connectivity index (χ0n) is 13.8. The number of aromatic nitrogens is 2. The van der Waals surface area contributed by atoms with E-state index in [1.807, 2.05) is 6.07 Å². The van der Waals surface area contributed by atoms with Crippen LogP contribution >= 0.6 is 17.0 Å². The minimum atomic E-state index is -0.654. The van der Waals surface area contributed by atoms with Crippen LogP contribution in [0.2, 0.25) is 0 Å². The third-order valence-corrected chi connectivity index (χ3v) is 3.06. The second kappa shape index (κ2) is 10.2. The molecule has 10 heteroatoms. The average Bonchev–Trinajstić information content (AvgIpc) is 3.09. The standard InChI is InChI=1S/C14H13N5O2.C2N2.BrH/c1-8-5-9(7-15)6-10(14(21)17-2)12(8)19-11(13(16)20)3-4-18-19;3-1-2-4;/h3-6H,1-2H3,(H2,16,20)(H,17,21);;1H. The SMILES string of the molecule is Br.CNC(=O)c1cc(C#N)cc(C)c1-n1nccc1C(N)=O.N#CC#N. The molecule has 0 atom stereocenters. The minimum absolute atomic E-state index is 0. The Bertz CT molecular complexity index is 933. The summed E-state index contributed by atoms with van der Waals surface area (Å²) in [4.78, 5) is 23.5. The van der Waals surface area contributed by atoms with Crippen molar-refractivity contribution in [1.82, 2.24) is 15.1 Å². The molecule has 1 aromatic carbocycles. The maximum Gasteiger partial charge on any atom is 0.267 e. The van der Waals surface area contributed by atoms with Crippen LogP contribution in [0.5, 0.6) is 0 Å². The molecule has 0 saturated heterocycles. The van der Waals surface area contributed by atoms with E-state index in [4.69, 9.17) is 21.5 Å². The fourth-order valence-corrected chi connectivity index (χ4v) is 2.10. The Hall–Kier alpha value is -3.68. The third-order valence-electron chi connectivity index (χ3n) is 3.06. The molecular formula is C16H14BrN7O2. The molecule has 9 nitrogen and oxygen atoms in total. The number of primary amides is 1. The van der Waals surface area contributed by atoms with Gasteiger partial charge in [0.2, 0.25) is 0 Å². The summed E-state index contributed by atoms with van der Waals surface area (Å²) in [5.74, 6) is -1.03. The van der Waals surface area contributed by atoms with Crippen LogP contribution in [0.15, 0.2) is 24.4 Å². The number of rotatable bonds is 3. The maximum absolute atomic E-state index is 12.1. The van der Waals surface area contributed by atoms with Gasteiger partial charge in [-0.1, -0.05) is 0 Å². The fraction of sp³-hybridized carbons (Fsp3) is 0.125. The number of hydrogen-bond acceptors (Lipinski definition) is 6. The molecule has 2 rings (SSSR count). The number of nitrogens with one attached hydrogen (secondary N) is 1.